The second-order valence-corrected chi connectivity index (χ2v) is 20.8. The molecule has 0 bridgehead atoms. The molecule has 0 aromatic heterocycles. The minimum atomic E-state index is -1.54. The molecule has 0 saturated heterocycles. The quantitative estimate of drug-likeness (QED) is 0.0153. The van der Waals surface area contributed by atoms with Gasteiger partial charge in [0.25, 0.3) is 0 Å². The van der Waals surface area contributed by atoms with Gasteiger partial charge in [-0.05, 0) is 130 Å². The van der Waals surface area contributed by atoms with E-state index in [0.717, 1.165) is 0 Å². The van der Waals surface area contributed by atoms with E-state index in [1.54, 1.807) is 0 Å². The van der Waals surface area contributed by atoms with Crippen LogP contribution >= 0.6 is 0 Å². The summed E-state index contributed by atoms with van der Waals surface area (Å²) in [5, 5.41) is 33.4. The molecule has 89 heavy (non-hydrogen) atoms. The first-order valence-electron chi connectivity index (χ1n) is 29.3. The van der Waals surface area contributed by atoms with E-state index in [1.165, 1.54) is 20.8 Å². The van der Waals surface area contributed by atoms with Gasteiger partial charge in [-0.1, -0.05) is 0 Å². The Kier molecular flexibility index (Phi) is 40.6. The first kappa shape index (κ1) is 79.9. The van der Waals surface area contributed by atoms with Crippen LogP contribution in [0.3, 0.4) is 0 Å². The molecule has 0 fully saturated rings. The average Bonchev–Trinajstić information content (AvgIpc) is 2.28. The lowest BCUT2D eigenvalue weighted by Crippen LogP contribution is -2.60. The van der Waals surface area contributed by atoms with Crippen LogP contribution in [0.1, 0.15) is 124 Å². The molecule has 0 aliphatic heterocycles. The zero-order valence-corrected chi connectivity index (χ0v) is 51.3. The van der Waals surface area contributed by atoms with Crippen molar-refractivity contribution in [3.63, 3.8) is 0 Å². The maximum atomic E-state index is 14.6. The minimum Gasteiger partial charge on any atom is -0.391 e. The van der Waals surface area contributed by atoms with Crippen LogP contribution in [0.25, 0.3) is 0 Å². The highest BCUT2D eigenvalue weighted by molar-refractivity contribution is 5.98. The normalized spacial score (nSPS) is 14.1. The van der Waals surface area contributed by atoms with E-state index >= 15 is 0 Å². The van der Waals surface area contributed by atoms with Gasteiger partial charge in [0.15, 0.2) is 29.8 Å². The minimum absolute atomic E-state index is 0.00649. The van der Waals surface area contributed by atoms with E-state index in [4.69, 9.17) is 74.5 Å². The Morgan fingerprint density at radius 3 is 0.775 bits per heavy atom. The molecule has 0 aliphatic rings. The number of aliphatic hydroxyl groups excluding tert-OH is 1. The van der Waals surface area contributed by atoms with Crippen molar-refractivity contribution < 1.29 is 53.1 Å². The SMILES string of the molecule is CC(=O)N[C@@H](CCCN=C(N)N)C(=O)N[C@@H](C)C(=O)N[C@@H](CCCN=C(N)N)C(=O)N[C@@H](CCCN=C(N)N)C(=O)N[C@@H](CCCN=C(N)N)C(=O)N[C@@H](CCCCN)C(=O)N[C@@H](CCCCN)C(=O)N[C@@H](CCCN=C(N)N)C(=O)N[C@H](C(N)=O)[C@@H](C)O. The number of aliphatic imine (C=N–C) groups is 5. The van der Waals surface area contributed by atoms with Gasteiger partial charge in [0, 0.05) is 39.6 Å². The molecule has 0 aliphatic carbocycles. The molecule has 38 heteroatoms. The molecule has 36 N–H and O–H groups in total. The first-order valence-corrected chi connectivity index (χ1v) is 29.3. The molecule has 506 valence electrons. The van der Waals surface area contributed by atoms with Gasteiger partial charge in [-0.3, -0.25) is 72.9 Å². The number of aliphatic hydroxyl groups is 1. The summed E-state index contributed by atoms with van der Waals surface area (Å²) in [5.74, 6) is -9.71. The third kappa shape index (κ3) is 37.3. The summed E-state index contributed by atoms with van der Waals surface area (Å²) < 4.78 is 0. The Labute approximate surface area is 517 Å². The highest BCUT2D eigenvalue weighted by Crippen LogP contribution is 2.12. The lowest BCUT2D eigenvalue weighted by atomic mass is 10.0. The number of primary amides is 1. The smallest absolute Gasteiger partial charge is 0.243 e. The lowest BCUT2D eigenvalue weighted by molar-refractivity contribution is -0.136. The van der Waals surface area contributed by atoms with Gasteiger partial charge in [0.1, 0.15) is 54.4 Å². The Bertz CT molecular complexity index is 2410. The van der Waals surface area contributed by atoms with E-state index in [9.17, 15) is 53.1 Å². The van der Waals surface area contributed by atoms with Crippen LogP contribution in [0.2, 0.25) is 0 Å². The van der Waals surface area contributed by atoms with E-state index in [-0.39, 0.29) is 159 Å². The molecular weight excluding hydrogens is 1170 g/mol. The van der Waals surface area contributed by atoms with Crippen molar-refractivity contribution in [3.8, 4) is 0 Å². The molecule has 0 radical (unpaired) electrons. The summed E-state index contributed by atoms with van der Waals surface area (Å²) in [4.78, 5) is 157. The van der Waals surface area contributed by atoms with E-state index < -0.39 is 120 Å². The molecule has 38 nitrogen and oxygen atoms in total. The lowest BCUT2D eigenvalue weighted by Gasteiger charge is -2.28. The fourth-order valence-corrected chi connectivity index (χ4v) is 8.35. The molecule has 0 saturated carbocycles. The number of nitrogens with one attached hydrogen (secondary N) is 9. The number of hydrogen-bond donors (Lipinski definition) is 23. The summed E-state index contributed by atoms with van der Waals surface area (Å²) in [5.41, 5.74) is 72.0. The Hall–Kier alpha value is -9.07. The van der Waals surface area contributed by atoms with E-state index in [0.29, 0.717) is 19.3 Å². The van der Waals surface area contributed by atoms with Gasteiger partial charge < -0.3 is 127 Å². The number of carbonyl (C=O) groups is 10. The molecule has 0 spiro atoms. The monoisotopic (exact) mass is 1270 g/mol. The van der Waals surface area contributed by atoms with Crippen LogP contribution in [-0.2, 0) is 47.9 Å². The van der Waals surface area contributed by atoms with Gasteiger partial charge in [-0.2, -0.15) is 0 Å². The zero-order chi connectivity index (χ0) is 67.6. The maximum Gasteiger partial charge on any atom is 0.243 e. The van der Waals surface area contributed by atoms with Crippen molar-refractivity contribution in [2.45, 2.75) is 184 Å². The second-order valence-electron chi connectivity index (χ2n) is 20.8. The zero-order valence-electron chi connectivity index (χ0n) is 51.3. The summed E-state index contributed by atoms with van der Waals surface area (Å²) in [7, 11) is 0. The van der Waals surface area contributed by atoms with Crippen LogP contribution in [0, 0.1) is 0 Å². The third-order valence-corrected chi connectivity index (χ3v) is 13.0. The van der Waals surface area contributed by atoms with E-state index in [1.807, 2.05) is 0 Å². The number of amides is 10. The molecule has 0 aromatic carbocycles. The molecule has 10 atom stereocenters. The molecule has 10 amide bonds. The highest BCUT2D eigenvalue weighted by atomic mass is 16.3. The number of guanidine groups is 5. The van der Waals surface area contributed by atoms with Gasteiger partial charge in [0.05, 0.1) is 6.10 Å². The first-order chi connectivity index (χ1) is 41.9. The van der Waals surface area contributed by atoms with Crippen LogP contribution in [0.5, 0.6) is 0 Å². The van der Waals surface area contributed by atoms with Crippen molar-refractivity contribution in [2.24, 2.45) is 99.5 Å². The average molecular weight is 1270 g/mol. The van der Waals surface area contributed by atoms with Gasteiger partial charge >= 0.3 is 0 Å². The Balaban J connectivity index is 7.30. The van der Waals surface area contributed by atoms with Crippen molar-refractivity contribution in [1.29, 1.82) is 0 Å². The van der Waals surface area contributed by atoms with Gasteiger partial charge in [0.2, 0.25) is 59.1 Å². The summed E-state index contributed by atoms with van der Waals surface area (Å²) >= 11 is 0. The summed E-state index contributed by atoms with van der Waals surface area (Å²) in [6.07, 6.45) is 0.140. The fourth-order valence-electron chi connectivity index (χ4n) is 8.35. The predicted octanol–water partition coefficient (Wildman–Crippen LogP) is -10.2. The molecular formula is C51H101N27O11. The second kappa shape index (κ2) is 45.2. The summed E-state index contributed by atoms with van der Waals surface area (Å²) in [6.45, 7) is 4.31. The molecule has 0 heterocycles. The number of nitrogens with two attached hydrogens (primary N) is 13. The standard InChI is InChI=1S/C51H101N27O11/c1-27(70-40(83)30(71-29(3)80)15-8-22-65-47(55)56)39(82)72-33(16-9-23-66-48(57)58)43(86)75-35(18-11-25-68-50(61)62)45(88)76-34(17-10-24-67-49(59)60)44(87)74-31(13-4-6-20-52)41(84)73-32(14-5-7-21-53)42(85)77-36(19-12-26-69-51(63)64)46(89)78-37(28(2)79)38(54)81/h27-28,30-37,79H,4-26,52-53H2,1-3H3,(H2,54,81)(H,70,83)(H,71,80)(H,72,82)(H,73,84)(H,74,87)(H,75,86)(H,76,88)(H,77,85)(H,78,89)(H4,55,56,65)(H4,57,58,66)(H4,59,60,67)(H4,61,62,68)(H4,63,64,69)/t27-,28+,30-,31-,32-,33-,34-,35-,36-,37-/m0/s1. The van der Waals surface area contributed by atoms with Crippen molar-refractivity contribution >= 4 is 88.9 Å². The van der Waals surface area contributed by atoms with Crippen LogP contribution in [-0.4, -0.2) is 200 Å². The van der Waals surface area contributed by atoms with Gasteiger partial charge in [-0.25, -0.2) is 0 Å². The summed E-state index contributed by atoms with van der Waals surface area (Å²) in [6, 6.07) is -12.4. The van der Waals surface area contributed by atoms with E-state index in [2.05, 4.69) is 72.8 Å². The number of nitrogens with zero attached hydrogens (tertiary/aromatic N) is 5. The largest absolute Gasteiger partial charge is 0.391 e. The molecule has 0 unspecified atom stereocenters. The predicted molar refractivity (Wildman–Crippen MR) is 335 cm³/mol. The fraction of sp³-hybridized carbons (Fsp3) is 0.706. The number of hydrogen-bond acceptors (Lipinski definition) is 18. The number of unbranched alkanes of at least 4 members (excludes halogenated alkanes) is 2. The van der Waals surface area contributed by atoms with Crippen molar-refractivity contribution in [3.05, 3.63) is 0 Å². The maximum absolute atomic E-state index is 14.6. The Morgan fingerprint density at radius 1 is 0.326 bits per heavy atom. The molecule has 0 aromatic rings. The van der Waals surface area contributed by atoms with Crippen molar-refractivity contribution in [2.75, 3.05) is 45.8 Å². The molecule has 0 rings (SSSR count). The van der Waals surface area contributed by atoms with Crippen molar-refractivity contribution in [1.82, 2.24) is 47.9 Å². The van der Waals surface area contributed by atoms with Crippen LogP contribution in [0.15, 0.2) is 25.0 Å². The number of carbonyl (C=O) groups excluding carboxylic acids is 10. The van der Waals surface area contributed by atoms with Crippen LogP contribution < -0.4 is 122 Å². The van der Waals surface area contributed by atoms with Gasteiger partial charge in [-0.15, -0.1) is 0 Å². The topological polar surface area (TPSA) is 699 Å². The third-order valence-electron chi connectivity index (χ3n) is 13.0. The Morgan fingerprint density at radius 2 is 0.551 bits per heavy atom. The highest BCUT2D eigenvalue weighted by Gasteiger charge is 2.35. The number of rotatable bonds is 47. The van der Waals surface area contributed by atoms with Crippen LogP contribution in [0.4, 0.5) is 0 Å².